The Hall–Kier alpha value is -1.35. The molecule has 2 nitrogen and oxygen atoms in total. The highest BCUT2D eigenvalue weighted by atomic mass is 35.5. The zero-order valence-electron chi connectivity index (χ0n) is 10.9. The van der Waals surface area contributed by atoms with E-state index in [1.54, 1.807) is 0 Å². The minimum absolute atomic E-state index is 0.0544. The molecule has 0 aliphatic rings. The molecule has 0 amide bonds. The van der Waals surface area contributed by atoms with Gasteiger partial charge in [0.15, 0.2) is 0 Å². The van der Waals surface area contributed by atoms with Crippen LogP contribution in [0, 0.1) is 0 Å². The lowest BCUT2D eigenvalue weighted by atomic mass is 10.0. The normalized spacial score (nSPS) is 14.1. The van der Waals surface area contributed by atoms with Gasteiger partial charge in [-0.05, 0) is 30.2 Å². The lowest BCUT2D eigenvalue weighted by Crippen LogP contribution is -2.27. The van der Waals surface area contributed by atoms with Crippen molar-refractivity contribution in [1.29, 1.82) is 0 Å². The molecule has 0 aromatic heterocycles. The number of rotatable bonds is 5. The third kappa shape index (κ3) is 3.80. The first-order valence-electron chi connectivity index (χ1n) is 6.38. The molecule has 19 heavy (non-hydrogen) atoms. The molecule has 0 radical (unpaired) electrons. The van der Waals surface area contributed by atoms with Crippen LogP contribution in [0.25, 0.3) is 0 Å². The van der Waals surface area contributed by atoms with E-state index in [0.29, 0.717) is 5.02 Å². The van der Waals surface area contributed by atoms with Crippen LogP contribution >= 0.6 is 11.6 Å². The monoisotopic (exact) mass is 275 g/mol. The summed E-state index contributed by atoms with van der Waals surface area (Å²) < 4.78 is 0. The topological polar surface area (TPSA) is 32.3 Å². The maximum Gasteiger partial charge on any atom is 0.0626 e. The van der Waals surface area contributed by atoms with Crippen LogP contribution in [0.1, 0.15) is 30.1 Å². The summed E-state index contributed by atoms with van der Waals surface area (Å²) in [6.45, 7) is 2.15. The van der Waals surface area contributed by atoms with Crippen LogP contribution in [0.15, 0.2) is 54.6 Å². The summed E-state index contributed by atoms with van der Waals surface area (Å²) >= 11 is 5.88. The van der Waals surface area contributed by atoms with Crippen molar-refractivity contribution in [2.24, 2.45) is 0 Å². The Morgan fingerprint density at radius 2 is 1.63 bits per heavy atom. The van der Waals surface area contributed by atoms with Gasteiger partial charge in [0.1, 0.15) is 0 Å². The van der Waals surface area contributed by atoms with E-state index in [4.69, 9.17) is 11.6 Å². The van der Waals surface area contributed by atoms with E-state index >= 15 is 0 Å². The van der Waals surface area contributed by atoms with E-state index in [1.807, 2.05) is 42.5 Å². The van der Waals surface area contributed by atoms with Crippen molar-refractivity contribution < 1.29 is 5.11 Å². The van der Waals surface area contributed by atoms with Crippen molar-refractivity contribution in [3.63, 3.8) is 0 Å². The lowest BCUT2D eigenvalue weighted by molar-refractivity contribution is 0.235. The van der Waals surface area contributed by atoms with Gasteiger partial charge >= 0.3 is 0 Å². The van der Waals surface area contributed by atoms with Crippen LogP contribution in [0.4, 0.5) is 0 Å². The molecular formula is C16H18ClNO. The minimum atomic E-state index is -0.0903. The highest BCUT2D eigenvalue weighted by molar-refractivity contribution is 6.30. The zero-order valence-corrected chi connectivity index (χ0v) is 11.6. The summed E-state index contributed by atoms with van der Waals surface area (Å²) in [7, 11) is 0. The van der Waals surface area contributed by atoms with Crippen LogP contribution in [-0.4, -0.2) is 11.7 Å². The van der Waals surface area contributed by atoms with Crippen molar-refractivity contribution >= 4 is 11.6 Å². The summed E-state index contributed by atoms with van der Waals surface area (Å²) in [5.41, 5.74) is 2.24. The smallest absolute Gasteiger partial charge is 0.0626 e. The fourth-order valence-corrected chi connectivity index (χ4v) is 2.22. The number of aliphatic hydroxyl groups excluding tert-OH is 1. The van der Waals surface area contributed by atoms with Gasteiger partial charge in [0.25, 0.3) is 0 Å². The molecule has 0 spiro atoms. The first kappa shape index (κ1) is 14.1. The fraction of sp³-hybridized carbons (Fsp3) is 0.250. The quantitative estimate of drug-likeness (QED) is 0.872. The second-order valence-electron chi connectivity index (χ2n) is 4.59. The van der Waals surface area contributed by atoms with Crippen molar-refractivity contribution in [3.05, 3.63) is 70.7 Å². The van der Waals surface area contributed by atoms with Gasteiger partial charge in [-0.3, -0.25) is 0 Å². The van der Waals surface area contributed by atoms with E-state index in [2.05, 4.69) is 24.4 Å². The minimum Gasteiger partial charge on any atom is -0.394 e. The Morgan fingerprint density at radius 1 is 1.00 bits per heavy atom. The molecule has 0 bridgehead atoms. The highest BCUT2D eigenvalue weighted by Crippen LogP contribution is 2.20. The fourth-order valence-electron chi connectivity index (χ4n) is 2.09. The first-order valence-corrected chi connectivity index (χ1v) is 6.76. The van der Waals surface area contributed by atoms with E-state index in [-0.39, 0.29) is 18.7 Å². The molecule has 2 aromatic rings. The number of hydrogen-bond donors (Lipinski definition) is 2. The molecule has 0 saturated heterocycles. The SMILES string of the molecule is CC(NC(CO)c1ccc(Cl)cc1)c1ccccc1. The number of benzene rings is 2. The van der Waals surface area contributed by atoms with E-state index in [1.165, 1.54) is 5.56 Å². The number of nitrogens with one attached hydrogen (secondary N) is 1. The van der Waals surface area contributed by atoms with Crippen LogP contribution < -0.4 is 5.32 Å². The van der Waals surface area contributed by atoms with Gasteiger partial charge in [0.2, 0.25) is 0 Å². The summed E-state index contributed by atoms with van der Waals surface area (Å²) in [5, 5.41) is 13.7. The largest absolute Gasteiger partial charge is 0.394 e. The number of halogens is 1. The standard InChI is InChI=1S/C16H18ClNO/c1-12(13-5-3-2-4-6-13)18-16(11-19)14-7-9-15(17)10-8-14/h2-10,12,16,18-19H,11H2,1H3. The molecular weight excluding hydrogens is 258 g/mol. The predicted molar refractivity (Wildman–Crippen MR) is 79.3 cm³/mol. The molecule has 0 fully saturated rings. The Morgan fingerprint density at radius 3 is 2.21 bits per heavy atom. The third-order valence-electron chi connectivity index (χ3n) is 3.21. The van der Waals surface area contributed by atoms with Crippen LogP contribution in [-0.2, 0) is 0 Å². The van der Waals surface area contributed by atoms with Gasteiger partial charge in [-0.1, -0.05) is 54.1 Å². The lowest BCUT2D eigenvalue weighted by Gasteiger charge is -2.22. The summed E-state index contributed by atoms with van der Waals surface area (Å²) in [6.07, 6.45) is 0. The summed E-state index contributed by atoms with van der Waals surface area (Å²) in [5.74, 6) is 0. The Bertz CT molecular complexity index is 498. The van der Waals surface area contributed by atoms with Gasteiger partial charge in [-0.15, -0.1) is 0 Å². The third-order valence-corrected chi connectivity index (χ3v) is 3.46. The van der Waals surface area contributed by atoms with E-state index in [9.17, 15) is 5.11 Å². The van der Waals surface area contributed by atoms with Crippen molar-refractivity contribution in [3.8, 4) is 0 Å². The Labute approximate surface area is 119 Å². The molecule has 2 rings (SSSR count). The van der Waals surface area contributed by atoms with Crippen molar-refractivity contribution in [2.45, 2.75) is 19.0 Å². The molecule has 100 valence electrons. The maximum atomic E-state index is 9.55. The summed E-state index contributed by atoms with van der Waals surface area (Å²) in [6, 6.07) is 17.8. The molecule has 0 saturated carbocycles. The number of aliphatic hydroxyl groups is 1. The Kier molecular flexibility index (Phi) is 4.97. The molecule has 0 aliphatic heterocycles. The maximum absolute atomic E-state index is 9.55. The van der Waals surface area contributed by atoms with Crippen LogP contribution in [0.5, 0.6) is 0 Å². The van der Waals surface area contributed by atoms with Crippen LogP contribution in [0.2, 0.25) is 5.02 Å². The average Bonchev–Trinajstić information content (AvgIpc) is 2.46. The van der Waals surface area contributed by atoms with Crippen molar-refractivity contribution in [2.75, 3.05) is 6.61 Å². The van der Waals surface area contributed by atoms with E-state index in [0.717, 1.165) is 5.56 Å². The second kappa shape index (κ2) is 6.71. The number of hydrogen-bond acceptors (Lipinski definition) is 2. The average molecular weight is 276 g/mol. The molecule has 2 unspecified atom stereocenters. The van der Waals surface area contributed by atoms with Gasteiger partial charge in [0.05, 0.1) is 12.6 Å². The van der Waals surface area contributed by atoms with Crippen LogP contribution in [0.3, 0.4) is 0 Å². The predicted octanol–water partition coefficient (Wildman–Crippen LogP) is 3.72. The van der Waals surface area contributed by atoms with Gasteiger partial charge in [-0.2, -0.15) is 0 Å². The second-order valence-corrected chi connectivity index (χ2v) is 5.02. The van der Waals surface area contributed by atoms with E-state index < -0.39 is 0 Å². The van der Waals surface area contributed by atoms with Gasteiger partial charge in [-0.25, -0.2) is 0 Å². The first-order chi connectivity index (χ1) is 9.20. The molecule has 2 N–H and O–H groups in total. The molecule has 0 aliphatic carbocycles. The zero-order chi connectivity index (χ0) is 13.7. The van der Waals surface area contributed by atoms with Gasteiger partial charge < -0.3 is 10.4 Å². The molecule has 3 heteroatoms. The highest BCUT2D eigenvalue weighted by Gasteiger charge is 2.14. The Balaban J connectivity index is 2.09. The molecule has 2 atom stereocenters. The summed E-state index contributed by atoms with van der Waals surface area (Å²) in [4.78, 5) is 0. The molecule has 0 heterocycles. The van der Waals surface area contributed by atoms with Crippen molar-refractivity contribution in [1.82, 2.24) is 5.32 Å². The molecule has 2 aromatic carbocycles. The van der Waals surface area contributed by atoms with Gasteiger partial charge in [0, 0.05) is 11.1 Å².